The van der Waals surface area contributed by atoms with Crippen molar-refractivity contribution in [3.63, 3.8) is 0 Å². The Morgan fingerprint density at radius 3 is 2.64 bits per heavy atom. The molecule has 1 unspecified atom stereocenters. The van der Waals surface area contributed by atoms with E-state index >= 15 is 0 Å². The highest BCUT2D eigenvalue weighted by Crippen LogP contribution is 2.23. The normalized spacial score (nSPS) is 12.4. The standard InChI is InChI=1S/C14H19N5O2S/c1-9(2)8-15-13(21)10(3)22-14-16-17-18-19(14)11-4-6-12(20)7-5-11/h4-7,9-10,20H,8H2,1-3H3,(H,15,21). The molecule has 7 nitrogen and oxygen atoms in total. The summed E-state index contributed by atoms with van der Waals surface area (Å²) in [5.74, 6) is 0.537. The molecule has 1 atom stereocenters. The Hall–Kier alpha value is -2.09. The van der Waals surface area contributed by atoms with Gasteiger partial charge in [-0.25, -0.2) is 0 Å². The number of thioether (sulfide) groups is 1. The van der Waals surface area contributed by atoms with Gasteiger partial charge in [-0.1, -0.05) is 25.6 Å². The van der Waals surface area contributed by atoms with Crippen LogP contribution in [-0.4, -0.2) is 43.0 Å². The number of phenols is 1. The molecule has 0 radical (unpaired) electrons. The third kappa shape index (κ3) is 4.20. The molecule has 1 heterocycles. The molecular formula is C14H19N5O2S. The third-order valence-electron chi connectivity index (χ3n) is 2.87. The molecule has 0 bridgehead atoms. The summed E-state index contributed by atoms with van der Waals surface area (Å²) in [4.78, 5) is 12.0. The largest absolute Gasteiger partial charge is 0.508 e. The van der Waals surface area contributed by atoms with E-state index in [1.165, 1.54) is 16.4 Å². The summed E-state index contributed by atoms with van der Waals surface area (Å²) in [6.45, 7) is 6.55. The second-order valence-corrected chi connectivity index (χ2v) is 6.60. The molecule has 1 amide bonds. The number of nitrogens with one attached hydrogen (secondary N) is 1. The van der Waals surface area contributed by atoms with Gasteiger partial charge in [0.25, 0.3) is 0 Å². The van der Waals surface area contributed by atoms with Crippen LogP contribution in [0.5, 0.6) is 5.75 Å². The monoisotopic (exact) mass is 321 g/mol. The summed E-state index contributed by atoms with van der Waals surface area (Å²) in [6, 6.07) is 6.53. The van der Waals surface area contributed by atoms with E-state index in [0.29, 0.717) is 17.6 Å². The Morgan fingerprint density at radius 2 is 2.00 bits per heavy atom. The fraction of sp³-hybridized carbons (Fsp3) is 0.429. The van der Waals surface area contributed by atoms with Crippen LogP contribution in [0.25, 0.3) is 5.69 Å². The fourth-order valence-corrected chi connectivity index (χ4v) is 2.50. The molecule has 0 aliphatic heterocycles. The molecule has 0 fully saturated rings. The molecule has 0 saturated heterocycles. The Labute approximate surface area is 133 Å². The lowest BCUT2D eigenvalue weighted by atomic mass is 10.2. The Balaban J connectivity index is 2.06. The summed E-state index contributed by atoms with van der Waals surface area (Å²) < 4.78 is 1.54. The van der Waals surface area contributed by atoms with Crippen molar-refractivity contribution in [3.8, 4) is 11.4 Å². The zero-order valence-electron chi connectivity index (χ0n) is 12.7. The van der Waals surface area contributed by atoms with E-state index in [-0.39, 0.29) is 16.9 Å². The maximum atomic E-state index is 12.0. The summed E-state index contributed by atoms with van der Waals surface area (Å²) >= 11 is 1.29. The molecule has 0 aliphatic rings. The Bertz CT molecular complexity index is 626. The van der Waals surface area contributed by atoms with Crippen molar-refractivity contribution >= 4 is 17.7 Å². The fourth-order valence-electron chi connectivity index (χ4n) is 1.67. The maximum absolute atomic E-state index is 12.0. The number of amides is 1. The number of rotatable bonds is 6. The van der Waals surface area contributed by atoms with Crippen LogP contribution in [0, 0.1) is 5.92 Å². The third-order valence-corrected chi connectivity index (χ3v) is 3.90. The van der Waals surface area contributed by atoms with E-state index in [2.05, 4.69) is 20.8 Å². The van der Waals surface area contributed by atoms with Crippen molar-refractivity contribution in [2.24, 2.45) is 5.92 Å². The Kier molecular flexibility index (Phi) is 5.37. The SMILES string of the molecule is CC(C)CNC(=O)C(C)Sc1nnnn1-c1ccc(O)cc1. The van der Waals surface area contributed by atoms with Crippen LogP contribution in [0.4, 0.5) is 0 Å². The highest BCUT2D eigenvalue weighted by Gasteiger charge is 2.19. The number of phenolic OH excluding ortho intramolecular Hbond substituents is 1. The Morgan fingerprint density at radius 1 is 1.32 bits per heavy atom. The number of hydrogen-bond donors (Lipinski definition) is 2. The molecule has 8 heteroatoms. The van der Waals surface area contributed by atoms with Crippen LogP contribution in [-0.2, 0) is 4.79 Å². The molecule has 1 aromatic carbocycles. The summed E-state index contributed by atoms with van der Waals surface area (Å²) in [5, 5.41) is 24.0. The maximum Gasteiger partial charge on any atom is 0.233 e. The molecule has 118 valence electrons. The second kappa shape index (κ2) is 7.26. The van der Waals surface area contributed by atoms with Gasteiger partial charge < -0.3 is 10.4 Å². The van der Waals surface area contributed by atoms with E-state index in [1.807, 2.05) is 20.8 Å². The van der Waals surface area contributed by atoms with E-state index in [9.17, 15) is 9.90 Å². The minimum Gasteiger partial charge on any atom is -0.508 e. The lowest BCUT2D eigenvalue weighted by Gasteiger charge is -2.12. The number of hydrogen-bond acceptors (Lipinski definition) is 6. The first-order chi connectivity index (χ1) is 10.5. The second-order valence-electron chi connectivity index (χ2n) is 5.29. The van der Waals surface area contributed by atoms with Gasteiger partial charge >= 0.3 is 0 Å². The van der Waals surface area contributed by atoms with Gasteiger partial charge in [0.2, 0.25) is 11.1 Å². The van der Waals surface area contributed by atoms with E-state index in [0.717, 1.165) is 5.69 Å². The summed E-state index contributed by atoms with van der Waals surface area (Å²) in [7, 11) is 0. The predicted octanol–water partition coefficient (Wildman–Crippen LogP) is 1.62. The number of carbonyl (C=O) groups is 1. The van der Waals surface area contributed by atoms with Crippen molar-refractivity contribution in [2.45, 2.75) is 31.2 Å². The first-order valence-electron chi connectivity index (χ1n) is 6.99. The van der Waals surface area contributed by atoms with Gasteiger partial charge in [-0.3, -0.25) is 4.79 Å². The van der Waals surface area contributed by atoms with Crippen molar-refractivity contribution in [1.29, 1.82) is 0 Å². The van der Waals surface area contributed by atoms with Crippen molar-refractivity contribution in [3.05, 3.63) is 24.3 Å². The van der Waals surface area contributed by atoms with Gasteiger partial charge in [-0.2, -0.15) is 4.68 Å². The van der Waals surface area contributed by atoms with Crippen molar-refractivity contribution in [1.82, 2.24) is 25.5 Å². The van der Waals surface area contributed by atoms with Crippen LogP contribution in [0.15, 0.2) is 29.4 Å². The smallest absolute Gasteiger partial charge is 0.233 e. The minimum absolute atomic E-state index is 0.0426. The minimum atomic E-state index is -0.305. The molecule has 2 rings (SSSR count). The average Bonchev–Trinajstić information content (AvgIpc) is 2.93. The van der Waals surface area contributed by atoms with Crippen LogP contribution in [0.2, 0.25) is 0 Å². The van der Waals surface area contributed by atoms with E-state index in [1.54, 1.807) is 24.3 Å². The number of carbonyl (C=O) groups excluding carboxylic acids is 1. The molecule has 0 aliphatic carbocycles. The quantitative estimate of drug-likeness (QED) is 0.785. The average molecular weight is 321 g/mol. The number of benzene rings is 1. The van der Waals surface area contributed by atoms with Crippen LogP contribution in [0.1, 0.15) is 20.8 Å². The summed E-state index contributed by atoms with van der Waals surface area (Å²) in [5.41, 5.74) is 0.722. The van der Waals surface area contributed by atoms with E-state index in [4.69, 9.17) is 0 Å². The highest BCUT2D eigenvalue weighted by atomic mass is 32.2. The zero-order chi connectivity index (χ0) is 16.1. The highest BCUT2D eigenvalue weighted by molar-refractivity contribution is 8.00. The van der Waals surface area contributed by atoms with Gasteiger partial charge in [-0.15, -0.1) is 5.10 Å². The van der Waals surface area contributed by atoms with E-state index < -0.39 is 0 Å². The van der Waals surface area contributed by atoms with Crippen LogP contribution >= 0.6 is 11.8 Å². The van der Waals surface area contributed by atoms with Crippen molar-refractivity contribution < 1.29 is 9.90 Å². The predicted molar refractivity (Wildman–Crippen MR) is 84.0 cm³/mol. The lowest BCUT2D eigenvalue weighted by molar-refractivity contribution is -0.120. The van der Waals surface area contributed by atoms with Gasteiger partial charge in [0, 0.05) is 6.54 Å². The van der Waals surface area contributed by atoms with Gasteiger partial charge in [-0.05, 0) is 47.5 Å². The number of tetrazole rings is 1. The lowest BCUT2D eigenvalue weighted by Crippen LogP contribution is -2.33. The summed E-state index contributed by atoms with van der Waals surface area (Å²) in [6.07, 6.45) is 0. The van der Waals surface area contributed by atoms with Crippen LogP contribution in [0.3, 0.4) is 0 Å². The zero-order valence-corrected chi connectivity index (χ0v) is 13.5. The van der Waals surface area contributed by atoms with Crippen LogP contribution < -0.4 is 5.32 Å². The topological polar surface area (TPSA) is 92.9 Å². The molecule has 0 spiro atoms. The first-order valence-corrected chi connectivity index (χ1v) is 7.87. The number of aromatic hydroxyl groups is 1. The molecular weight excluding hydrogens is 302 g/mol. The number of aromatic nitrogens is 4. The molecule has 1 aromatic heterocycles. The van der Waals surface area contributed by atoms with Crippen molar-refractivity contribution in [2.75, 3.05) is 6.54 Å². The first kappa shape index (κ1) is 16.3. The number of nitrogens with zero attached hydrogens (tertiary/aromatic N) is 4. The molecule has 0 saturated carbocycles. The van der Waals surface area contributed by atoms with Gasteiger partial charge in [0.05, 0.1) is 10.9 Å². The van der Waals surface area contributed by atoms with Gasteiger partial charge in [0.1, 0.15) is 5.75 Å². The molecule has 2 aromatic rings. The molecule has 2 N–H and O–H groups in total. The molecule has 22 heavy (non-hydrogen) atoms. The van der Waals surface area contributed by atoms with Gasteiger partial charge in [0.15, 0.2) is 0 Å².